The summed E-state index contributed by atoms with van der Waals surface area (Å²) in [6.45, 7) is 5.12. The van der Waals surface area contributed by atoms with Gasteiger partial charge in [0, 0.05) is 5.41 Å². The number of thiol groups is 1. The van der Waals surface area contributed by atoms with Gasteiger partial charge in [-0.25, -0.2) is 0 Å². The van der Waals surface area contributed by atoms with Crippen molar-refractivity contribution in [2.24, 2.45) is 5.41 Å². The van der Waals surface area contributed by atoms with Crippen molar-refractivity contribution < 1.29 is 4.74 Å². The molecule has 1 rings (SSSR count). The smallest absolute Gasteiger partial charge is 0.0645 e. The summed E-state index contributed by atoms with van der Waals surface area (Å²) < 4.78 is 5.33. The Morgan fingerprint density at radius 2 is 2.30 bits per heavy atom. The molecule has 10 heavy (non-hydrogen) atoms. The van der Waals surface area contributed by atoms with E-state index in [2.05, 4.69) is 19.2 Å². The first kappa shape index (κ1) is 8.15. The number of hydrogen-bond acceptors (Lipinski definition) is 2. The largest absolute Gasteiger partial charge is 0.377 e. The summed E-state index contributed by atoms with van der Waals surface area (Å²) in [5.74, 6) is 0.962. The van der Waals surface area contributed by atoms with Crippen LogP contribution >= 0.6 is 12.6 Å². The maximum absolute atomic E-state index is 5.33. The zero-order valence-corrected chi connectivity index (χ0v) is 7.07. The molecule has 2 heteroatoms. The van der Waals surface area contributed by atoms with E-state index in [1.54, 1.807) is 6.08 Å². The van der Waals surface area contributed by atoms with E-state index in [4.69, 9.17) is 4.74 Å². The van der Waals surface area contributed by atoms with E-state index >= 15 is 0 Å². The molecule has 1 saturated carbocycles. The molecule has 0 bridgehead atoms. The number of ether oxygens (including phenoxy) is 1. The zero-order chi connectivity index (χ0) is 7.45. The Morgan fingerprint density at radius 3 is 2.70 bits per heavy atom. The molecule has 0 heterocycles. The van der Waals surface area contributed by atoms with Gasteiger partial charge in [0.05, 0.1) is 13.2 Å². The molecule has 0 spiro atoms. The fraction of sp³-hybridized carbons (Fsp3) is 0.750. The van der Waals surface area contributed by atoms with E-state index < -0.39 is 0 Å². The van der Waals surface area contributed by atoms with Crippen LogP contribution in [0.25, 0.3) is 0 Å². The summed E-state index contributed by atoms with van der Waals surface area (Å²) in [6.07, 6.45) is 4.36. The molecule has 1 aliphatic rings. The Bertz CT molecular complexity index is 118. The van der Waals surface area contributed by atoms with Crippen LogP contribution in [0.3, 0.4) is 0 Å². The predicted octanol–water partition coefficient (Wildman–Crippen LogP) is 1.90. The van der Waals surface area contributed by atoms with Crippen molar-refractivity contribution in [2.45, 2.75) is 12.8 Å². The van der Waals surface area contributed by atoms with E-state index in [1.165, 1.54) is 12.8 Å². The third-order valence-corrected chi connectivity index (χ3v) is 2.61. The average molecular weight is 158 g/mol. The van der Waals surface area contributed by atoms with Gasteiger partial charge in [-0.1, -0.05) is 6.08 Å². The minimum atomic E-state index is 0.437. The molecule has 1 fully saturated rings. The van der Waals surface area contributed by atoms with Crippen molar-refractivity contribution in [3.63, 3.8) is 0 Å². The summed E-state index contributed by atoms with van der Waals surface area (Å²) in [4.78, 5) is 0. The molecule has 0 atom stereocenters. The van der Waals surface area contributed by atoms with Crippen molar-refractivity contribution in [3.8, 4) is 0 Å². The van der Waals surface area contributed by atoms with Crippen LogP contribution in [-0.2, 0) is 4.74 Å². The SMILES string of the molecule is C=CCOCC1(CS)CC1. The van der Waals surface area contributed by atoms with Crippen LogP contribution in [0.2, 0.25) is 0 Å². The van der Waals surface area contributed by atoms with E-state index in [1.807, 2.05) is 0 Å². The van der Waals surface area contributed by atoms with Gasteiger partial charge in [0.15, 0.2) is 0 Å². The lowest BCUT2D eigenvalue weighted by atomic mass is 10.2. The average Bonchev–Trinajstić information content (AvgIpc) is 2.70. The van der Waals surface area contributed by atoms with Crippen LogP contribution in [0.4, 0.5) is 0 Å². The first-order chi connectivity index (χ1) is 4.83. The fourth-order valence-corrected chi connectivity index (χ4v) is 1.29. The Labute approximate surface area is 67.9 Å². The normalized spacial score (nSPS) is 20.5. The maximum atomic E-state index is 5.33. The van der Waals surface area contributed by atoms with Gasteiger partial charge in [-0.2, -0.15) is 12.6 Å². The molecule has 0 amide bonds. The third kappa shape index (κ3) is 2.03. The summed E-state index contributed by atoms with van der Waals surface area (Å²) in [7, 11) is 0. The second-order valence-electron chi connectivity index (χ2n) is 2.96. The summed E-state index contributed by atoms with van der Waals surface area (Å²) >= 11 is 4.26. The fourth-order valence-electron chi connectivity index (χ4n) is 0.884. The van der Waals surface area contributed by atoms with Crippen LogP contribution in [0.5, 0.6) is 0 Å². The van der Waals surface area contributed by atoms with Gasteiger partial charge < -0.3 is 4.74 Å². The second-order valence-corrected chi connectivity index (χ2v) is 3.28. The maximum Gasteiger partial charge on any atom is 0.0645 e. The Hall–Kier alpha value is 0.0500. The monoisotopic (exact) mass is 158 g/mol. The van der Waals surface area contributed by atoms with Crippen molar-refractivity contribution in [3.05, 3.63) is 12.7 Å². The van der Waals surface area contributed by atoms with E-state index in [0.717, 1.165) is 12.4 Å². The standard InChI is InChI=1S/C8H14OS/c1-2-5-9-6-8(7-10)3-4-8/h2,10H,1,3-7H2. The lowest BCUT2D eigenvalue weighted by molar-refractivity contribution is 0.122. The predicted molar refractivity (Wildman–Crippen MR) is 46.5 cm³/mol. The minimum Gasteiger partial charge on any atom is -0.377 e. The van der Waals surface area contributed by atoms with E-state index in [-0.39, 0.29) is 0 Å². The van der Waals surface area contributed by atoms with E-state index in [9.17, 15) is 0 Å². The highest BCUT2D eigenvalue weighted by Gasteiger charge is 2.41. The molecular weight excluding hydrogens is 144 g/mol. The summed E-state index contributed by atoms with van der Waals surface area (Å²) in [5.41, 5.74) is 0.437. The lowest BCUT2D eigenvalue weighted by Gasteiger charge is -2.10. The molecule has 58 valence electrons. The Kier molecular flexibility index (Phi) is 2.81. The molecule has 0 radical (unpaired) electrons. The van der Waals surface area contributed by atoms with Gasteiger partial charge in [0.2, 0.25) is 0 Å². The van der Waals surface area contributed by atoms with Crippen LogP contribution in [-0.4, -0.2) is 19.0 Å². The first-order valence-corrected chi connectivity index (χ1v) is 4.26. The van der Waals surface area contributed by atoms with Gasteiger partial charge in [-0.3, -0.25) is 0 Å². The molecule has 0 unspecified atom stereocenters. The molecule has 0 aromatic heterocycles. The zero-order valence-electron chi connectivity index (χ0n) is 6.18. The van der Waals surface area contributed by atoms with Gasteiger partial charge in [-0.15, -0.1) is 6.58 Å². The first-order valence-electron chi connectivity index (χ1n) is 3.62. The van der Waals surface area contributed by atoms with Gasteiger partial charge >= 0.3 is 0 Å². The lowest BCUT2D eigenvalue weighted by Crippen LogP contribution is -2.11. The quantitative estimate of drug-likeness (QED) is 0.365. The number of rotatable bonds is 5. The van der Waals surface area contributed by atoms with Gasteiger partial charge in [-0.05, 0) is 18.6 Å². The van der Waals surface area contributed by atoms with Crippen LogP contribution < -0.4 is 0 Å². The van der Waals surface area contributed by atoms with Crippen LogP contribution in [0, 0.1) is 5.41 Å². The van der Waals surface area contributed by atoms with Gasteiger partial charge in [0.25, 0.3) is 0 Å². The molecule has 0 aromatic carbocycles. The summed E-state index contributed by atoms with van der Waals surface area (Å²) in [5, 5.41) is 0. The van der Waals surface area contributed by atoms with Crippen molar-refractivity contribution >= 4 is 12.6 Å². The van der Waals surface area contributed by atoms with Crippen LogP contribution in [0.15, 0.2) is 12.7 Å². The molecule has 0 N–H and O–H groups in total. The highest BCUT2D eigenvalue weighted by atomic mass is 32.1. The molecule has 0 saturated heterocycles. The summed E-state index contributed by atoms with van der Waals surface area (Å²) in [6, 6.07) is 0. The molecule has 0 aliphatic heterocycles. The minimum absolute atomic E-state index is 0.437. The van der Waals surface area contributed by atoms with Crippen molar-refractivity contribution in [1.29, 1.82) is 0 Å². The van der Waals surface area contributed by atoms with Crippen molar-refractivity contribution in [1.82, 2.24) is 0 Å². The topological polar surface area (TPSA) is 9.23 Å². The van der Waals surface area contributed by atoms with Crippen molar-refractivity contribution in [2.75, 3.05) is 19.0 Å². The second kappa shape index (κ2) is 3.44. The third-order valence-electron chi connectivity index (χ3n) is 1.94. The highest BCUT2D eigenvalue weighted by Crippen LogP contribution is 2.46. The Balaban J connectivity index is 2.06. The van der Waals surface area contributed by atoms with Crippen LogP contribution in [0.1, 0.15) is 12.8 Å². The number of hydrogen-bond donors (Lipinski definition) is 1. The molecule has 1 nitrogen and oxygen atoms in total. The molecular formula is C8H14OS. The molecule has 1 aliphatic carbocycles. The van der Waals surface area contributed by atoms with E-state index in [0.29, 0.717) is 12.0 Å². The molecule has 0 aromatic rings. The Morgan fingerprint density at radius 1 is 1.60 bits per heavy atom. The highest BCUT2D eigenvalue weighted by molar-refractivity contribution is 7.80. The van der Waals surface area contributed by atoms with Gasteiger partial charge in [0.1, 0.15) is 0 Å².